The van der Waals surface area contributed by atoms with Crippen LogP contribution in [0.15, 0.2) is 4.99 Å². The van der Waals surface area contributed by atoms with E-state index in [4.69, 9.17) is 0 Å². The molecule has 2 heterocycles. The molecule has 0 aromatic rings. The van der Waals surface area contributed by atoms with Gasteiger partial charge < -0.3 is 0 Å². The third kappa shape index (κ3) is 2.01. The van der Waals surface area contributed by atoms with Crippen LogP contribution in [0.25, 0.3) is 0 Å². The molecule has 0 aromatic heterocycles. The van der Waals surface area contributed by atoms with Crippen LogP contribution in [0.3, 0.4) is 0 Å². The number of rotatable bonds is 1. The van der Waals surface area contributed by atoms with E-state index >= 15 is 0 Å². The molecule has 2 fully saturated rings. The molecule has 2 N–H and O–H groups in total. The van der Waals surface area contributed by atoms with Crippen LogP contribution in [0, 0.1) is 0 Å². The number of hydrogen-bond donors (Lipinski definition) is 2. The molecule has 0 radical (unpaired) electrons. The molecule has 4 amide bonds. The number of nitrogens with one attached hydrogen (secondary N) is 2. The van der Waals surface area contributed by atoms with Gasteiger partial charge in [-0.05, 0) is 6.42 Å². The smallest absolute Gasteiger partial charge is 0.288 e. The zero-order valence-electron chi connectivity index (χ0n) is 9.02. The number of likely N-dealkylation sites (N-methyl/N-ethyl adjacent to an activating group) is 1. The third-order valence-corrected chi connectivity index (χ3v) is 2.58. The molecular formula is C9H10N4O4. The first kappa shape index (κ1) is 11.2. The normalized spacial score (nSPS) is 24.9. The third-order valence-electron chi connectivity index (χ3n) is 2.58. The van der Waals surface area contributed by atoms with E-state index in [9.17, 15) is 19.2 Å². The Labute approximate surface area is 96.0 Å². The van der Waals surface area contributed by atoms with Gasteiger partial charge in [-0.1, -0.05) is 0 Å². The topological polar surface area (TPSA) is 108 Å². The highest BCUT2D eigenvalue weighted by Crippen LogP contribution is 2.14. The lowest BCUT2D eigenvalue weighted by Gasteiger charge is -2.25. The molecule has 2 rings (SSSR count). The van der Waals surface area contributed by atoms with Gasteiger partial charge in [-0.15, -0.1) is 0 Å². The molecule has 1 unspecified atom stereocenters. The molecule has 2 aliphatic heterocycles. The SMILES string of the molecule is CN1C(=O)CCC(N=C2NC(=O)C(=O)N2)C1=O. The number of nitrogens with zero attached hydrogens (tertiary/aromatic N) is 2. The Morgan fingerprint density at radius 2 is 1.76 bits per heavy atom. The summed E-state index contributed by atoms with van der Waals surface area (Å²) in [5, 5.41) is 4.38. The van der Waals surface area contributed by atoms with Crippen molar-refractivity contribution >= 4 is 29.6 Å². The van der Waals surface area contributed by atoms with Crippen molar-refractivity contribution in [3.05, 3.63) is 0 Å². The second kappa shape index (κ2) is 3.96. The lowest BCUT2D eigenvalue weighted by atomic mass is 10.1. The fourth-order valence-corrected chi connectivity index (χ4v) is 1.60. The largest absolute Gasteiger partial charge is 0.316 e. The maximum absolute atomic E-state index is 11.7. The predicted molar refractivity (Wildman–Crippen MR) is 54.5 cm³/mol. The van der Waals surface area contributed by atoms with Gasteiger partial charge in [0.25, 0.3) is 5.91 Å². The molecule has 90 valence electrons. The van der Waals surface area contributed by atoms with E-state index in [0.29, 0.717) is 0 Å². The standard InChI is InChI=1S/C9H10N4O4/c1-13-5(14)3-2-4(8(13)17)10-9-11-6(15)7(16)12-9/h4H,2-3H2,1H3,(H2,10,11,12,15,16). The van der Waals surface area contributed by atoms with Crippen LogP contribution in [0.5, 0.6) is 0 Å². The van der Waals surface area contributed by atoms with Crippen molar-refractivity contribution in [1.82, 2.24) is 15.5 Å². The van der Waals surface area contributed by atoms with Crippen LogP contribution >= 0.6 is 0 Å². The Morgan fingerprint density at radius 3 is 2.35 bits per heavy atom. The Balaban J connectivity index is 2.12. The highest BCUT2D eigenvalue weighted by Gasteiger charge is 2.33. The van der Waals surface area contributed by atoms with Crippen molar-refractivity contribution in [2.45, 2.75) is 18.9 Å². The van der Waals surface area contributed by atoms with E-state index in [0.717, 1.165) is 4.90 Å². The van der Waals surface area contributed by atoms with Gasteiger partial charge in [0.2, 0.25) is 11.9 Å². The quantitative estimate of drug-likeness (QED) is 0.397. The summed E-state index contributed by atoms with van der Waals surface area (Å²) >= 11 is 0. The minimum absolute atomic E-state index is 0.0406. The maximum Gasteiger partial charge on any atom is 0.316 e. The average Bonchev–Trinajstić information content (AvgIpc) is 2.59. The average molecular weight is 238 g/mol. The van der Waals surface area contributed by atoms with Crippen molar-refractivity contribution < 1.29 is 19.2 Å². The summed E-state index contributed by atoms with van der Waals surface area (Å²) in [4.78, 5) is 49.5. The maximum atomic E-state index is 11.7. The van der Waals surface area contributed by atoms with Crippen LogP contribution in [0.1, 0.15) is 12.8 Å². The minimum Gasteiger partial charge on any atom is -0.288 e. The van der Waals surface area contributed by atoms with E-state index in [1.54, 1.807) is 0 Å². The second-order valence-corrected chi connectivity index (χ2v) is 3.73. The number of guanidine groups is 1. The molecule has 8 heteroatoms. The fraction of sp³-hybridized carbons (Fsp3) is 0.444. The first-order chi connectivity index (χ1) is 7.99. The summed E-state index contributed by atoms with van der Waals surface area (Å²) in [6.45, 7) is 0. The molecule has 17 heavy (non-hydrogen) atoms. The van der Waals surface area contributed by atoms with Gasteiger partial charge in [0.1, 0.15) is 6.04 Å². The summed E-state index contributed by atoms with van der Waals surface area (Å²) < 4.78 is 0. The van der Waals surface area contributed by atoms with Crippen molar-refractivity contribution in [3.8, 4) is 0 Å². The Kier molecular flexibility index (Phi) is 2.62. The van der Waals surface area contributed by atoms with E-state index in [-0.39, 0.29) is 24.7 Å². The summed E-state index contributed by atoms with van der Waals surface area (Å²) in [7, 11) is 1.38. The van der Waals surface area contributed by atoms with Crippen LogP contribution in [-0.4, -0.2) is 47.6 Å². The van der Waals surface area contributed by atoms with E-state index in [1.165, 1.54) is 7.05 Å². The van der Waals surface area contributed by atoms with E-state index in [2.05, 4.69) is 15.6 Å². The fourth-order valence-electron chi connectivity index (χ4n) is 1.60. The van der Waals surface area contributed by atoms with Crippen LogP contribution in [0.4, 0.5) is 0 Å². The van der Waals surface area contributed by atoms with Gasteiger partial charge in [0.05, 0.1) is 0 Å². The van der Waals surface area contributed by atoms with Gasteiger partial charge in [0, 0.05) is 13.5 Å². The minimum atomic E-state index is -0.809. The number of aliphatic imine (C=N–C) groups is 1. The monoisotopic (exact) mass is 238 g/mol. The van der Waals surface area contributed by atoms with Crippen molar-refractivity contribution in [2.75, 3.05) is 7.05 Å². The van der Waals surface area contributed by atoms with Crippen molar-refractivity contribution in [2.24, 2.45) is 4.99 Å². The van der Waals surface area contributed by atoms with Crippen LogP contribution in [-0.2, 0) is 19.2 Å². The number of piperidine rings is 1. The summed E-state index contributed by atoms with van der Waals surface area (Å²) in [6.07, 6.45) is 0.489. The van der Waals surface area contributed by atoms with Crippen LogP contribution < -0.4 is 10.6 Å². The number of amides is 4. The number of carbonyl (C=O) groups is 4. The first-order valence-corrected chi connectivity index (χ1v) is 4.99. The lowest BCUT2D eigenvalue weighted by Crippen LogP contribution is -2.45. The van der Waals surface area contributed by atoms with Gasteiger partial charge in [-0.2, -0.15) is 0 Å². The van der Waals surface area contributed by atoms with Crippen LogP contribution in [0.2, 0.25) is 0 Å². The molecule has 8 nitrogen and oxygen atoms in total. The number of hydrogen-bond acceptors (Lipinski definition) is 5. The summed E-state index contributed by atoms with van der Waals surface area (Å²) in [6, 6.07) is -0.744. The van der Waals surface area contributed by atoms with Gasteiger partial charge in [0.15, 0.2) is 0 Å². The van der Waals surface area contributed by atoms with Crippen molar-refractivity contribution in [3.63, 3.8) is 0 Å². The molecule has 0 aromatic carbocycles. The number of carbonyl (C=O) groups excluding carboxylic acids is 4. The molecule has 2 aliphatic rings. The number of likely N-dealkylation sites (tertiary alicyclic amines) is 1. The molecule has 0 bridgehead atoms. The summed E-state index contributed by atoms with van der Waals surface area (Å²) in [5.41, 5.74) is 0. The molecule has 0 aliphatic carbocycles. The molecule has 2 saturated heterocycles. The van der Waals surface area contributed by atoms with Gasteiger partial charge in [-0.3, -0.25) is 34.7 Å². The summed E-state index contributed by atoms with van der Waals surface area (Å²) in [5.74, 6) is -2.36. The second-order valence-electron chi connectivity index (χ2n) is 3.73. The van der Waals surface area contributed by atoms with E-state index < -0.39 is 23.8 Å². The number of imide groups is 1. The highest BCUT2D eigenvalue weighted by molar-refractivity contribution is 6.45. The highest BCUT2D eigenvalue weighted by atomic mass is 16.2. The molecule has 1 atom stereocenters. The van der Waals surface area contributed by atoms with Gasteiger partial charge >= 0.3 is 11.8 Å². The Bertz CT molecular complexity index is 438. The molecular weight excluding hydrogens is 228 g/mol. The predicted octanol–water partition coefficient (Wildman–Crippen LogP) is -2.26. The van der Waals surface area contributed by atoms with Gasteiger partial charge in [-0.25, -0.2) is 4.99 Å². The van der Waals surface area contributed by atoms with Crippen molar-refractivity contribution in [1.29, 1.82) is 0 Å². The first-order valence-electron chi connectivity index (χ1n) is 4.99. The zero-order valence-corrected chi connectivity index (χ0v) is 9.02. The zero-order chi connectivity index (χ0) is 12.6. The Hall–Kier alpha value is -2.25. The van der Waals surface area contributed by atoms with E-state index in [1.807, 2.05) is 0 Å². The Morgan fingerprint density at radius 1 is 1.18 bits per heavy atom. The lowest BCUT2D eigenvalue weighted by molar-refractivity contribution is -0.147. The molecule has 0 saturated carbocycles. The molecule has 0 spiro atoms.